The van der Waals surface area contributed by atoms with Crippen LogP contribution in [-0.4, -0.2) is 57.2 Å². The van der Waals surface area contributed by atoms with Crippen molar-refractivity contribution in [1.29, 1.82) is 0 Å². The Hall–Kier alpha value is -1.59. The first kappa shape index (κ1) is 13.8. The van der Waals surface area contributed by atoms with Crippen LogP contribution in [0.5, 0.6) is 0 Å². The molecule has 0 radical (unpaired) electrons. The number of hydrogen-bond donors (Lipinski definition) is 2. The van der Waals surface area contributed by atoms with Gasteiger partial charge in [-0.25, -0.2) is 0 Å². The van der Waals surface area contributed by atoms with Gasteiger partial charge in [0.25, 0.3) is 5.91 Å². The molecule has 0 spiro atoms. The van der Waals surface area contributed by atoms with Crippen molar-refractivity contribution in [2.24, 2.45) is 0 Å². The zero-order chi connectivity index (χ0) is 13.5. The van der Waals surface area contributed by atoms with Gasteiger partial charge >= 0.3 is 0 Å². The number of benzene rings is 1. The number of nitrogens with zero attached hydrogens (tertiary/aromatic N) is 1. The number of amides is 1. The molecular weight excluding hydrogens is 242 g/mol. The highest BCUT2D eigenvalue weighted by Crippen LogP contribution is 2.08. The Morgan fingerprint density at radius 2 is 1.95 bits per heavy atom. The summed E-state index contributed by atoms with van der Waals surface area (Å²) in [5.74, 6) is -0.0177. The molecule has 1 fully saturated rings. The van der Waals surface area contributed by atoms with Crippen molar-refractivity contribution >= 4 is 11.6 Å². The van der Waals surface area contributed by atoms with Gasteiger partial charge in [0.05, 0.1) is 13.2 Å². The maximum absolute atomic E-state index is 11.9. The van der Waals surface area contributed by atoms with Crippen LogP contribution in [0.25, 0.3) is 0 Å². The summed E-state index contributed by atoms with van der Waals surface area (Å²) in [5.41, 5.74) is 1.70. The lowest BCUT2D eigenvalue weighted by Crippen LogP contribution is -2.41. The summed E-state index contributed by atoms with van der Waals surface area (Å²) in [6, 6.07) is 7.46. The normalized spacial score (nSPS) is 16.1. The predicted octanol–water partition coefficient (Wildman–Crippen LogP) is 0.790. The highest BCUT2D eigenvalue weighted by Gasteiger charge is 2.10. The van der Waals surface area contributed by atoms with Crippen LogP contribution < -0.4 is 10.6 Å². The first-order valence-electron chi connectivity index (χ1n) is 6.66. The monoisotopic (exact) mass is 263 g/mol. The molecule has 19 heavy (non-hydrogen) atoms. The van der Waals surface area contributed by atoms with Crippen LogP contribution in [-0.2, 0) is 4.74 Å². The van der Waals surface area contributed by atoms with E-state index in [2.05, 4.69) is 15.5 Å². The van der Waals surface area contributed by atoms with Crippen LogP contribution in [0.3, 0.4) is 0 Å². The molecule has 0 unspecified atom stereocenters. The minimum Gasteiger partial charge on any atom is -0.388 e. The van der Waals surface area contributed by atoms with E-state index in [0.29, 0.717) is 12.1 Å². The first-order valence-corrected chi connectivity index (χ1v) is 6.66. The van der Waals surface area contributed by atoms with Crippen molar-refractivity contribution in [3.63, 3.8) is 0 Å². The molecule has 1 aromatic carbocycles. The number of rotatable bonds is 5. The zero-order valence-corrected chi connectivity index (χ0v) is 11.3. The summed E-state index contributed by atoms with van der Waals surface area (Å²) in [5, 5.41) is 5.97. The van der Waals surface area contributed by atoms with E-state index in [1.165, 1.54) is 0 Å². The minimum absolute atomic E-state index is 0.0177. The molecule has 1 aliphatic rings. The van der Waals surface area contributed by atoms with Gasteiger partial charge in [-0.2, -0.15) is 0 Å². The third-order valence-corrected chi connectivity index (χ3v) is 3.25. The largest absolute Gasteiger partial charge is 0.388 e. The Labute approximate surface area is 113 Å². The SMILES string of the molecule is CNc1ccc(C(=O)NCCN2CCOCC2)cc1. The van der Waals surface area contributed by atoms with E-state index in [4.69, 9.17) is 4.74 Å². The van der Waals surface area contributed by atoms with E-state index in [0.717, 1.165) is 38.5 Å². The van der Waals surface area contributed by atoms with Gasteiger partial charge in [-0.05, 0) is 24.3 Å². The molecule has 1 amide bonds. The number of carbonyl (C=O) groups is 1. The van der Waals surface area contributed by atoms with Gasteiger partial charge < -0.3 is 15.4 Å². The molecule has 0 atom stereocenters. The van der Waals surface area contributed by atoms with E-state index in [1.54, 1.807) is 0 Å². The van der Waals surface area contributed by atoms with E-state index < -0.39 is 0 Å². The van der Waals surface area contributed by atoms with Gasteiger partial charge in [-0.15, -0.1) is 0 Å². The lowest BCUT2D eigenvalue weighted by molar-refractivity contribution is 0.0383. The van der Waals surface area contributed by atoms with Crippen molar-refractivity contribution in [2.75, 3.05) is 51.8 Å². The molecule has 0 saturated carbocycles. The van der Waals surface area contributed by atoms with Gasteiger partial charge in [0.2, 0.25) is 0 Å². The molecule has 1 aromatic rings. The maximum atomic E-state index is 11.9. The summed E-state index contributed by atoms with van der Waals surface area (Å²) in [6.45, 7) is 5.04. The Morgan fingerprint density at radius 3 is 2.58 bits per heavy atom. The molecule has 5 nitrogen and oxygen atoms in total. The fourth-order valence-electron chi connectivity index (χ4n) is 2.04. The Balaban J connectivity index is 1.73. The van der Waals surface area contributed by atoms with Crippen LogP contribution >= 0.6 is 0 Å². The molecule has 2 N–H and O–H groups in total. The molecule has 0 bridgehead atoms. The fraction of sp³-hybridized carbons (Fsp3) is 0.500. The maximum Gasteiger partial charge on any atom is 0.251 e. The summed E-state index contributed by atoms with van der Waals surface area (Å²) in [6.07, 6.45) is 0. The average molecular weight is 263 g/mol. The lowest BCUT2D eigenvalue weighted by Gasteiger charge is -2.26. The van der Waals surface area contributed by atoms with Gasteiger partial charge in [-0.1, -0.05) is 0 Å². The van der Waals surface area contributed by atoms with Crippen molar-refractivity contribution in [3.05, 3.63) is 29.8 Å². The van der Waals surface area contributed by atoms with Crippen molar-refractivity contribution < 1.29 is 9.53 Å². The smallest absolute Gasteiger partial charge is 0.251 e. The Bertz CT molecular complexity index is 400. The van der Waals surface area contributed by atoms with E-state index >= 15 is 0 Å². The molecule has 5 heteroatoms. The van der Waals surface area contributed by atoms with E-state index in [1.807, 2.05) is 31.3 Å². The fourth-order valence-corrected chi connectivity index (χ4v) is 2.04. The van der Waals surface area contributed by atoms with E-state index in [-0.39, 0.29) is 5.91 Å². The van der Waals surface area contributed by atoms with Crippen LogP contribution in [0.4, 0.5) is 5.69 Å². The number of carbonyl (C=O) groups excluding carboxylic acids is 1. The van der Waals surface area contributed by atoms with Gasteiger partial charge in [0.1, 0.15) is 0 Å². The molecular formula is C14H21N3O2. The topological polar surface area (TPSA) is 53.6 Å². The summed E-state index contributed by atoms with van der Waals surface area (Å²) in [7, 11) is 1.86. The Morgan fingerprint density at radius 1 is 1.26 bits per heavy atom. The predicted molar refractivity (Wildman–Crippen MR) is 75.6 cm³/mol. The highest BCUT2D eigenvalue weighted by atomic mass is 16.5. The lowest BCUT2D eigenvalue weighted by atomic mass is 10.2. The minimum atomic E-state index is -0.0177. The third-order valence-electron chi connectivity index (χ3n) is 3.25. The van der Waals surface area contributed by atoms with Crippen LogP contribution in [0.2, 0.25) is 0 Å². The standard InChI is InChI=1S/C14H21N3O2/c1-15-13-4-2-12(3-5-13)14(18)16-6-7-17-8-10-19-11-9-17/h2-5,15H,6-11H2,1H3,(H,16,18). The molecule has 1 saturated heterocycles. The number of nitrogens with one attached hydrogen (secondary N) is 2. The van der Waals surface area contributed by atoms with Gasteiger partial charge in [0, 0.05) is 44.5 Å². The first-order chi connectivity index (χ1) is 9.29. The number of anilines is 1. The van der Waals surface area contributed by atoms with Crippen molar-refractivity contribution in [2.45, 2.75) is 0 Å². The van der Waals surface area contributed by atoms with Crippen LogP contribution in [0.15, 0.2) is 24.3 Å². The molecule has 0 aromatic heterocycles. The second kappa shape index (κ2) is 7.11. The summed E-state index contributed by atoms with van der Waals surface area (Å²) < 4.78 is 5.28. The quantitative estimate of drug-likeness (QED) is 0.825. The Kier molecular flexibility index (Phi) is 5.18. The molecule has 104 valence electrons. The van der Waals surface area contributed by atoms with E-state index in [9.17, 15) is 4.79 Å². The number of morpholine rings is 1. The third kappa shape index (κ3) is 4.22. The van der Waals surface area contributed by atoms with Crippen LogP contribution in [0, 0.1) is 0 Å². The molecule has 1 aliphatic heterocycles. The number of hydrogen-bond acceptors (Lipinski definition) is 4. The molecule has 1 heterocycles. The van der Waals surface area contributed by atoms with Crippen molar-refractivity contribution in [1.82, 2.24) is 10.2 Å². The van der Waals surface area contributed by atoms with Crippen LogP contribution in [0.1, 0.15) is 10.4 Å². The van der Waals surface area contributed by atoms with Gasteiger partial charge in [-0.3, -0.25) is 9.69 Å². The van der Waals surface area contributed by atoms with Gasteiger partial charge in [0.15, 0.2) is 0 Å². The zero-order valence-electron chi connectivity index (χ0n) is 11.3. The molecule has 0 aliphatic carbocycles. The van der Waals surface area contributed by atoms with Crippen molar-refractivity contribution in [3.8, 4) is 0 Å². The highest BCUT2D eigenvalue weighted by molar-refractivity contribution is 5.94. The molecule has 2 rings (SSSR count). The number of ether oxygens (including phenoxy) is 1. The summed E-state index contributed by atoms with van der Waals surface area (Å²) in [4.78, 5) is 14.2. The average Bonchev–Trinajstić information content (AvgIpc) is 2.48. The second-order valence-corrected chi connectivity index (χ2v) is 4.54. The summed E-state index contributed by atoms with van der Waals surface area (Å²) >= 11 is 0. The second-order valence-electron chi connectivity index (χ2n) is 4.54.